The Kier molecular flexibility index (Phi) is 10.9. The van der Waals surface area contributed by atoms with Crippen molar-refractivity contribution in [1.29, 1.82) is 0 Å². The second kappa shape index (κ2) is 12.1. The van der Waals surface area contributed by atoms with E-state index in [1.165, 1.54) is 21.3 Å². The molecule has 0 aromatic carbocycles. The molecule has 1 saturated heterocycles. The molecule has 0 amide bonds. The van der Waals surface area contributed by atoms with Crippen LogP contribution in [-0.2, 0) is 38.0 Å². The maximum Gasteiger partial charge on any atom is 0.320 e. The van der Waals surface area contributed by atoms with Gasteiger partial charge < -0.3 is 44.0 Å². The molecule has 11 heteroatoms. The number of hydrogen-bond donors (Lipinski definition) is 3. The van der Waals surface area contributed by atoms with E-state index in [0.717, 1.165) is 0 Å². The first-order valence-electron chi connectivity index (χ1n) is 9.36. The van der Waals surface area contributed by atoms with Gasteiger partial charge in [-0.05, 0) is 20.8 Å². The second-order valence-corrected chi connectivity index (χ2v) is 7.71. The minimum Gasteiger partial charge on any atom is -0.459 e. The Morgan fingerprint density at radius 1 is 1.14 bits per heavy atom. The van der Waals surface area contributed by atoms with Gasteiger partial charge in [0.1, 0.15) is 37.0 Å². The smallest absolute Gasteiger partial charge is 0.320 e. The molecule has 29 heavy (non-hydrogen) atoms. The van der Waals surface area contributed by atoms with Crippen LogP contribution in [0.5, 0.6) is 0 Å². The molecule has 0 radical (unpaired) electrons. The molecule has 1 rings (SSSR count). The lowest BCUT2D eigenvalue weighted by Gasteiger charge is -2.51. The molecule has 0 aromatic rings. The number of ether oxygens (including phenoxy) is 7. The average molecular weight is 424 g/mol. The number of nitrogens with two attached hydrogens (primary N) is 1. The van der Waals surface area contributed by atoms with Crippen molar-refractivity contribution in [2.45, 2.75) is 56.5 Å². The van der Waals surface area contributed by atoms with Crippen LogP contribution in [0.3, 0.4) is 0 Å². The molecule has 1 aliphatic rings. The zero-order valence-electron chi connectivity index (χ0n) is 18.1. The lowest BCUT2D eigenvalue weighted by molar-refractivity contribution is -0.327. The molecule has 5 atom stereocenters. The van der Waals surface area contributed by atoms with E-state index < -0.39 is 41.7 Å². The van der Waals surface area contributed by atoms with Gasteiger partial charge in [-0.2, -0.15) is 0 Å². The molecular weight excluding hydrogens is 388 g/mol. The van der Waals surface area contributed by atoms with E-state index >= 15 is 0 Å². The van der Waals surface area contributed by atoms with Crippen LogP contribution in [0.2, 0.25) is 0 Å². The first kappa shape index (κ1) is 26.1. The number of aliphatic hydroxyl groups is 1. The molecular formula is C18H36N2O9. The molecule has 1 unspecified atom stereocenters. The maximum absolute atomic E-state index is 12.2. The van der Waals surface area contributed by atoms with Gasteiger partial charge in [0, 0.05) is 27.9 Å². The second-order valence-electron chi connectivity index (χ2n) is 7.71. The molecule has 0 aliphatic carbocycles. The molecule has 1 fully saturated rings. The molecule has 1 aliphatic heterocycles. The predicted octanol–water partition coefficient (Wildman–Crippen LogP) is -1.04. The van der Waals surface area contributed by atoms with Crippen molar-refractivity contribution in [1.82, 2.24) is 5.32 Å². The first-order valence-corrected chi connectivity index (χ1v) is 9.36. The summed E-state index contributed by atoms with van der Waals surface area (Å²) in [6, 6.07) is -0.922. The summed E-state index contributed by atoms with van der Waals surface area (Å²) in [6.07, 6.45) is -2.62. The van der Waals surface area contributed by atoms with Gasteiger partial charge in [0.2, 0.25) is 0 Å². The van der Waals surface area contributed by atoms with Crippen molar-refractivity contribution in [3.63, 3.8) is 0 Å². The van der Waals surface area contributed by atoms with Crippen LogP contribution in [0.1, 0.15) is 20.8 Å². The third-order valence-electron chi connectivity index (χ3n) is 4.16. The van der Waals surface area contributed by atoms with Crippen molar-refractivity contribution < 1.29 is 43.1 Å². The molecule has 0 aromatic heterocycles. The zero-order chi connectivity index (χ0) is 22.1. The lowest BCUT2D eigenvalue weighted by Crippen LogP contribution is -2.74. The van der Waals surface area contributed by atoms with Crippen molar-refractivity contribution in [2.24, 2.45) is 5.73 Å². The Morgan fingerprint density at radius 2 is 1.76 bits per heavy atom. The fourth-order valence-corrected chi connectivity index (χ4v) is 3.15. The van der Waals surface area contributed by atoms with E-state index in [2.05, 4.69) is 5.32 Å². The number of carbonyl (C=O) groups excluding carboxylic acids is 1. The van der Waals surface area contributed by atoms with Crippen molar-refractivity contribution >= 4 is 5.97 Å². The third-order valence-corrected chi connectivity index (χ3v) is 4.16. The number of nitrogens with one attached hydrogen (secondary N) is 1. The number of rotatable bonds is 12. The van der Waals surface area contributed by atoms with Gasteiger partial charge >= 0.3 is 5.97 Å². The highest BCUT2D eigenvalue weighted by Gasteiger charge is 2.57. The highest BCUT2D eigenvalue weighted by molar-refractivity contribution is 5.72. The fourth-order valence-electron chi connectivity index (χ4n) is 3.15. The first-order chi connectivity index (χ1) is 13.6. The molecule has 11 nitrogen and oxygen atoms in total. The van der Waals surface area contributed by atoms with Crippen LogP contribution in [0.15, 0.2) is 0 Å². The Morgan fingerprint density at radius 3 is 2.28 bits per heavy atom. The minimum absolute atomic E-state index is 0.0477. The molecule has 172 valence electrons. The van der Waals surface area contributed by atoms with E-state index in [9.17, 15) is 9.90 Å². The number of hydrogen-bond acceptors (Lipinski definition) is 11. The summed E-state index contributed by atoms with van der Waals surface area (Å²) in [7, 11) is 4.35. The Balaban J connectivity index is 3.12. The Bertz CT molecular complexity index is 488. The Hall–Kier alpha value is -0.890. The summed E-state index contributed by atoms with van der Waals surface area (Å²) in [5.74, 6) is -0.502. The maximum atomic E-state index is 12.2. The van der Waals surface area contributed by atoms with Crippen molar-refractivity contribution in [3.05, 3.63) is 0 Å². The minimum atomic E-state index is -1.66. The third kappa shape index (κ3) is 7.70. The number of carbonyl (C=O) groups is 1. The summed E-state index contributed by atoms with van der Waals surface area (Å²) in [4.78, 5) is 12.2. The predicted molar refractivity (Wildman–Crippen MR) is 102 cm³/mol. The monoisotopic (exact) mass is 424 g/mol. The summed E-state index contributed by atoms with van der Waals surface area (Å²) >= 11 is 0. The van der Waals surface area contributed by atoms with Gasteiger partial charge in [0.05, 0.1) is 19.2 Å². The van der Waals surface area contributed by atoms with Crippen LogP contribution in [0.25, 0.3) is 0 Å². The normalized spacial score (nSPS) is 30.3. The highest BCUT2D eigenvalue weighted by Crippen LogP contribution is 2.33. The quantitative estimate of drug-likeness (QED) is 0.261. The largest absolute Gasteiger partial charge is 0.459 e. The van der Waals surface area contributed by atoms with E-state index in [1.54, 1.807) is 20.8 Å². The van der Waals surface area contributed by atoms with Gasteiger partial charge in [-0.3, -0.25) is 10.1 Å². The SMILES string of the molecule is COCOC1O[C@H](CN)[C@@H](OCOC)[C@@](O)(COC)[C@H]1NCC(=O)OC(C)(C)C. The number of methoxy groups -OCH3 is 3. The standard InChI is InChI=1S/C18H36N2O9/c1-17(2,3)29-13(21)8-20-14-16(27-11-25-6)28-12(7-19)15(26-10-24-5)18(14,22)9-23-4/h12,14-16,20,22H,7-11,19H2,1-6H3/t12-,14+,15-,16?,18-/m1/s1. The topological polar surface area (TPSA) is 140 Å². The van der Waals surface area contributed by atoms with E-state index in [0.29, 0.717) is 0 Å². The zero-order valence-corrected chi connectivity index (χ0v) is 18.1. The van der Waals surface area contributed by atoms with Gasteiger partial charge in [-0.25, -0.2) is 0 Å². The summed E-state index contributed by atoms with van der Waals surface area (Å²) in [5.41, 5.74) is 3.53. The summed E-state index contributed by atoms with van der Waals surface area (Å²) in [6.45, 7) is 4.81. The van der Waals surface area contributed by atoms with Crippen LogP contribution in [-0.4, -0.2) is 101 Å². The average Bonchev–Trinajstić information content (AvgIpc) is 2.63. The Labute approximate surface area is 172 Å². The highest BCUT2D eigenvalue weighted by atomic mass is 16.8. The van der Waals surface area contributed by atoms with Gasteiger partial charge in [0.25, 0.3) is 0 Å². The molecule has 0 saturated carbocycles. The van der Waals surface area contributed by atoms with E-state index in [1.807, 2.05) is 0 Å². The van der Waals surface area contributed by atoms with Crippen molar-refractivity contribution in [2.75, 3.05) is 54.6 Å². The van der Waals surface area contributed by atoms with Crippen LogP contribution in [0, 0.1) is 0 Å². The molecule has 0 bridgehead atoms. The van der Waals surface area contributed by atoms with Crippen LogP contribution in [0.4, 0.5) is 0 Å². The molecule has 1 heterocycles. The van der Waals surface area contributed by atoms with Crippen LogP contribution >= 0.6 is 0 Å². The summed E-state index contributed by atoms with van der Waals surface area (Å²) in [5, 5.41) is 14.5. The van der Waals surface area contributed by atoms with Gasteiger partial charge in [-0.1, -0.05) is 0 Å². The van der Waals surface area contributed by atoms with Crippen LogP contribution < -0.4 is 11.1 Å². The summed E-state index contributed by atoms with van der Waals surface area (Å²) < 4.78 is 37.7. The van der Waals surface area contributed by atoms with Gasteiger partial charge in [0.15, 0.2) is 6.29 Å². The van der Waals surface area contributed by atoms with Crippen molar-refractivity contribution in [3.8, 4) is 0 Å². The van der Waals surface area contributed by atoms with Gasteiger partial charge in [-0.15, -0.1) is 0 Å². The number of esters is 1. The molecule has 0 spiro atoms. The van der Waals surface area contributed by atoms with E-state index in [4.69, 9.17) is 38.9 Å². The van der Waals surface area contributed by atoms with E-state index in [-0.39, 0.29) is 33.3 Å². The fraction of sp³-hybridized carbons (Fsp3) is 0.944. The lowest BCUT2D eigenvalue weighted by atomic mass is 9.82. The molecule has 4 N–H and O–H groups in total.